The number of nitrogens with zero attached hydrogens (tertiary/aromatic N) is 6. The van der Waals surface area contributed by atoms with Crippen molar-refractivity contribution in [1.29, 1.82) is 0 Å². The first kappa shape index (κ1) is 34.7. The summed E-state index contributed by atoms with van der Waals surface area (Å²) in [6, 6.07) is 11.6. The lowest BCUT2D eigenvalue weighted by molar-refractivity contribution is -0.139. The highest BCUT2D eigenvalue weighted by molar-refractivity contribution is 7.97. The van der Waals surface area contributed by atoms with Crippen LogP contribution in [0.3, 0.4) is 0 Å². The van der Waals surface area contributed by atoms with Crippen LogP contribution in [0.15, 0.2) is 59.9 Å². The molecule has 0 unspecified atom stereocenters. The van der Waals surface area contributed by atoms with Crippen molar-refractivity contribution in [2.45, 2.75) is 36.5 Å². The van der Waals surface area contributed by atoms with Crippen LogP contribution in [0.5, 0.6) is 0 Å². The molecule has 49 heavy (non-hydrogen) atoms. The van der Waals surface area contributed by atoms with Crippen LogP contribution < -0.4 is 20.9 Å². The van der Waals surface area contributed by atoms with Gasteiger partial charge in [-0.25, -0.2) is 19.3 Å². The maximum absolute atomic E-state index is 12.9. The minimum absolute atomic E-state index is 0.193. The summed E-state index contributed by atoms with van der Waals surface area (Å²) >= 11 is 1.63. The molecular weight excluding hydrogens is 643 g/mol. The number of piperidine rings is 2. The van der Waals surface area contributed by atoms with E-state index in [0.29, 0.717) is 11.6 Å². The van der Waals surface area contributed by atoms with E-state index < -0.39 is 11.9 Å². The van der Waals surface area contributed by atoms with Crippen molar-refractivity contribution in [2.75, 3.05) is 82.8 Å². The zero-order valence-corrected chi connectivity index (χ0v) is 28.8. The van der Waals surface area contributed by atoms with Crippen LogP contribution in [0.1, 0.15) is 58.1 Å². The van der Waals surface area contributed by atoms with E-state index in [2.05, 4.69) is 61.9 Å². The summed E-state index contributed by atoms with van der Waals surface area (Å²) in [6.45, 7) is 9.22. The Morgan fingerprint density at radius 3 is 2.22 bits per heavy atom. The SMILES string of the molecule is COC(=O)CNC(=O)c1ccc(SN2CCC(c3ccc(NC(=O)c4cnc(N5CCC(CN6CCNCC6)CC5)cn4)cc3)CC2)cn1. The van der Waals surface area contributed by atoms with Gasteiger partial charge in [0.05, 0.1) is 19.5 Å². The minimum Gasteiger partial charge on any atom is -0.468 e. The fraction of sp³-hybridized carbons (Fsp3) is 0.486. The maximum atomic E-state index is 12.9. The zero-order chi connectivity index (χ0) is 34.0. The number of piperazine rings is 1. The largest absolute Gasteiger partial charge is 0.468 e. The molecule has 0 bridgehead atoms. The Labute approximate surface area is 291 Å². The lowest BCUT2D eigenvalue weighted by atomic mass is 9.90. The molecule has 0 saturated carbocycles. The van der Waals surface area contributed by atoms with Gasteiger partial charge in [-0.2, -0.15) is 0 Å². The van der Waals surface area contributed by atoms with E-state index in [1.54, 1.807) is 36.6 Å². The molecule has 0 aliphatic carbocycles. The van der Waals surface area contributed by atoms with Crippen LogP contribution in [-0.4, -0.2) is 114 Å². The molecule has 0 spiro atoms. The van der Waals surface area contributed by atoms with E-state index in [1.165, 1.54) is 19.2 Å². The summed E-state index contributed by atoms with van der Waals surface area (Å²) in [4.78, 5) is 55.4. The predicted molar refractivity (Wildman–Crippen MR) is 189 cm³/mol. The molecule has 3 aliphatic rings. The van der Waals surface area contributed by atoms with Crippen LogP contribution in [0.4, 0.5) is 11.5 Å². The maximum Gasteiger partial charge on any atom is 0.325 e. The van der Waals surface area contributed by atoms with Gasteiger partial charge in [-0.1, -0.05) is 12.1 Å². The van der Waals surface area contributed by atoms with E-state index in [9.17, 15) is 14.4 Å². The number of pyridine rings is 1. The average Bonchev–Trinajstić information content (AvgIpc) is 3.15. The molecule has 14 heteroatoms. The zero-order valence-electron chi connectivity index (χ0n) is 28.0. The lowest BCUT2D eigenvalue weighted by Crippen LogP contribution is -2.47. The number of hydrogen-bond acceptors (Lipinski definition) is 12. The van der Waals surface area contributed by atoms with E-state index in [-0.39, 0.29) is 18.1 Å². The molecule has 3 aliphatic heterocycles. The van der Waals surface area contributed by atoms with Gasteiger partial charge in [-0.15, -0.1) is 0 Å². The van der Waals surface area contributed by atoms with Crippen LogP contribution in [0.25, 0.3) is 0 Å². The van der Waals surface area contributed by atoms with Crippen LogP contribution >= 0.6 is 11.9 Å². The molecule has 0 radical (unpaired) electrons. The highest BCUT2D eigenvalue weighted by Gasteiger charge is 2.24. The molecule has 13 nitrogen and oxygen atoms in total. The highest BCUT2D eigenvalue weighted by Crippen LogP contribution is 2.33. The number of methoxy groups -OCH3 is 1. The molecule has 260 valence electrons. The number of esters is 1. The van der Waals surface area contributed by atoms with E-state index in [0.717, 1.165) is 100 Å². The van der Waals surface area contributed by atoms with Crippen molar-refractivity contribution in [1.82, 2.24) is 34.8 Å². The normalized spacial score (nSPS) is 18.2. The Morgan fingerprint density at radius 2 is 1.57 bits per heavy atom. The number of ether oxygens (including phenoxy) is 1. The second kappa shape index (κ2) is 17.0. The number of carbonyl (C=O) groups excluding carboxylic acids is 3. The van der Waals surface area contributed by atoms with Crippen LogP contribution in [0.2, 0.25) is 0 Å². The van der Waals surface area contributed by atoms with Crippen molar-refractivity contribution in [3.63, 3.8) is 0 Å². The van der Waals surface area contributed by atoms with Crippen LogP contribution in [-0.2, 0) is 9.53 Å². The average molecular weight is 688 g/mol. The van der Waals surface area contributed by atoms with Gasteiger partial charge in [0.2, 0.25) is 0 Å². The second-order valence-corrected chi connectivity index (χ2v) is 13.9. The molecule has 2 amide bonds. The number of hydrogen-bond donors (Lipinski definition) is 3. The van der Waals surface area contributed by atoms with Gasteiger partial charge in [0.15, 0.2) is 0 Å². The fourth-order valence-electron chi connectivity index (χ4n) is 6.55. The van der Waals surface area contributed by atoms with Gasteiger partial charge >= 0.3 is 5.97 Å². The Kier molecular flexibility index (Phi) is 12.1. The molecule has 3 saturated heterocycles. The molecule has 0 atom stereocenters. The van der Waals surface area contributed by atoms with Gasteiger partial charge in [0, 0.05) is 75.7 Å². The number of rotatable bonds is 11. The standard InChI is InChI=1S/C35H45N9O4S/c1-48-33(45)23-40-34(46)30-7-6-29(20-37-30)49-44-16-10-27(11-17-44)26-2-4-28(5-3-26)41-35(47)31-21-39-32(22-38-31)43-14-8-25(9-15-43)24-42-18-12-36-13-19-42/h2-7,20-22,25,27,36H,8-19,23-24H2,1H3,(H,40,46)(H,41,47). The smallest absolute Gasteiger partial charge is 0.325 e. The number of benzene rings is 1. The first-order chi connectivity index (χ1) is 23.9. The topological polar surface area (TPSA) is 145 Å². The Hall–Kier alpha value is -4.11. The first-order valence-electron chi connectivity index (χ1n) is 17.1. The molecular formula is C35H45N9O4S. The Bertz CT molecular complexity index is 1540. The van der Waals surface area contributed by atoms with Gasteiger partial charge in [-0.3, -0.25) is 14.4 Å². The van der Waals surface area contributed by atoms with E-state index in [1.807, 2.05) is 18.2 Å². The molecule has 3 aromatic rings. The number of anilines is 2. The molecule has 3 fully saturated rings. The van der Waals surface area contributed by atoms with Crippen molar-refractivity contribution in [3.05, 3.63) is 71.9 Å². The third-order valence-electron chi connectivity index (χ3n) is 9.45. The van der Waals surface area contributed by atoms with E-state index in [4.69, 9.17) is 0 Å². The van der Waals surface area contributed by atoms with Crippen LogP contribution in [0, 0.1) is 5.92 Å². The first-order valence-corrected chi connectivity index (χ1v) is 17.9. The van der Waals surface area contributed by atoms with Gasteiger partial charge in [-0.05, 0) is 79.3 Å². The summed E-state index contributed by atoms with van der Waals surface area (Å²) in [7, 11) is 1.27. The number of nitrogens with one attached hydrogen (secondary N) is 3. The number of carbonyl (C=O) groups is 3. The monoisotopic (exact) mass is 687 g/mol. The number of amides is 2. The molecule has 6 rings (SSSR count). The van der Waals surface area contributed by atoms with Gasteiger partial charge in [0.1, 0.15) is 23.8 Å². The van der Waals surface area contributed by atoms with Gasteiger partial charge < -0.3 is 30.5 Å². The summed E-state index contributed by atoms with van der Waals surface area (Å²) in [5.74, 6) is 0.796. The predicted octanol–water partition coefficient (Wildman–Crippen LogP) is 3.04. The summed E-state index contributed by atoms with van der Waals surface area (Å²) < 4.78 is 6.85. The molecule has 1 aromatic carbocycles. The fourth-order valence-corrected chi connectivity index (χ4v) is 7.47. The Balaban J connectivity index is 0.913. The molecule has 3 N–H and O–H groups in total. The third kappa shape index (κ3) is 9.75. The third-order valence-corrected chi connectivity index (χ3v) is 10.5. The van der Waals surface area contributed by atoms with Crippen molar-refractivity contribution in [2.24, 2.45) is 5.92 Å². The summed E-state index contributed by atoms with van der Waals surface area (Å²) in [6.07, 6.45) is 9.30. The summed E-state index contributed by atoms with van der Waals surface area (Å²) in [5, 5.41) is 8.88. The number of aromatic nitrogens is 3. The highest BCUT2D eigenvalue weighted by atomic mass is 32.2. The van der Waals surface area contributed by atoms with Crippen molar-refractivity contribution in [3.8, 4) is 0 Å². The quantitative estimate of drug-likeness (QED) is 0.201. The lowest BCUT2D eigenvalue weighted by Gasteiger charge is -2.36. The molecule has 2 aromatic heterocycles. The summed E-state index contributed by atoms with van der Waals surface area (Å²) in [5.41, 5.74) is 2.54. The minimum atomic E-state index is -0.513. The Morgan fingerprint density at radius 1 is 0.837 bits per heavy atom. The second-order valence-electron chi connectivity index (χ2n) is 12.7. The van der Waals surface area contributed by atoms with E-state index >= 15 is 0 Å². The van der Waals surface area contributed by atoms with Crippen molar-refractivity contribution >= 4 is 41.2 Å². The van der Waals surface area contributed by atoms with Gasteiger partial charge in [0.25, 0.3) is 11.8 Å². The molecule has 5 heterocycles. The van der Waals surface area contributed by atoms with Crippen molar-refractivity contribution < 1.29 is 19.1 Å².